The fourth-order valence-corrected chi connectivity index (χ4v) is 1.54. The fraction of sp³-hybridized carbons (Fsp3) is 0.0909. The minimum atomic E-state index is -1.19. The summed E-state index contributed by atoms with van der Waals surface area (Å²) in [6.07, 6.45) is 1.06. The number of para-hydroxylation sites is 1. The highest BCUT2D eigenvalue weighted by Gasteiger charge is 2.18. The van der Waals surface area contributed by atoms with E-state index in [9.17, 15) is 13.6 Å². The zero-order chi connectivity index (χ0) is 12.6. The van der Waals surface area contributed by atoms with E-state index in [1.54, 1.807) is 0 Å². The number of carboxylic acids is 1. The molecule has 88 valence electrons. The number of benzene rings is 1. The lowest BCUT2D eigenvalue weighted by Crippen LogP contribution is -2.06. The second-order valence-corrected chi connectivity index (χ2v) is 3.43. The van der Waals surface area contributed by atoms with Crippen LogP contribution in [0.3, 0.4) is 0 Å². The predicted molar refractivity (Wildman–Crippen MR) is 55.2 cm³/mol. The Labute approximate surface area is 95.1 Å². The van der Waals surface area contributed by atoms with Crippen molar-refractivity contribution in [1.29, 1.82) is 0 Å². The van der Waals surface area contributed by atoms with E-state index in [2.05, 4.69) is 5.10 Å². The molecule has 1 N–H and O–H groups in total. The Balaban J connectivity index is 2.66. The van der Waals surface area contributed by atoms with Crippen LogP contribution in [0.5, 0.6) is 0 Å². The molecule has 0 saturated heterocycles. The highest BCUT2D eigenvalue weighted by molar-refractivity contribution is 5.88. The van der Waals surface area contributed by atoms with E-state index in [0.29, 0.717) is 0 Å². The van der Waals surface area contributed by atoms with E-state index < -0.39 is 17.6 Å². The third-order valence-corrected chi connectivity index (χ3v) is 2.39. The summed E-state index contributed by atoms with van der Waals surface area (Å²) >= 11 is 0. The lowest BCUT2D eigenvalue weighted by atomic mass is 10.2. The fourth-order valence-electron chi connectivity index (χ4n) is 1.54. The maximum Gasteiger partial charge on any atom is 0.339 e. The molecule has 0 spiro atoms. The van der Waals surface area contributed by atoms with E-state index >= 15 is 0 Å². The Morgan fingerprint density at radius 2 is 1.94 bits per heavy atom. The van der Waals surface area contributed by atoms with Gasteiger partial charge in [0.05, 0.1) is 11.9 Å². The molecule has 0 amide bonds. The molecule has 0 saturated carbocycles. The lowest BCUT2D eigenvalue weighted by molar-refractivity contribution is 0.0696. The predicted octanol–water partition coefficient (Wildman–Crippen LogP) is 2.16. The van der Waals surface area contributed by atoms with Crippen molar-refractivity contribution in [3.8, 4) is 5.69 Å². The molecular formula is C11H8F2N2O2. The van der Waals surface area contributed by atoms with Crippen molar-refractivity contribution >= 4 is 5.97 Å². The van der Waals surface area contributed by atoms with Crippen LogP contribution in [0.2, 0.25) is 0 Å². The van der Waals surface area contributed by atoms with Crippen molar-refractivity contribution in [3.05, 3.63) is 47.3 Å². The van der Waals surface area contributed by atoms with Crippen LogP contribution in [0.15, 0.2) is 24.4 Å². The average molecular weight is 238 g/mol. The molecule has 1 heterocycles. The monoisotopic (exact) mass is 238 g/mol. The molecule has 2 aromatic rings. The number of aromatic nitrogens is 2. The van der Waals surface area contributed by atoms with Gasteiger partial charge in [-0.1, -0.05) is 6.07 Å². The number of rotatable bonds is 2. The first-order valence-corrected chi connectivity index (χ1v) is 4.74. The number of carbonyl (C=O) groups is 1. The third kappa shape index (κ3) is 1.77. The molecule has 0 aliphatic carbocycles. The van der Waals surface area contributed by atoms with Crippen LogP contribution in [0.25, 0.3) is 5.69 Å². The van der Waals surface area contributed by atoms with Crippen LogP contribution in [0.4, 0.5) is 8.78 Å². The van der Waals surface area contributed by atoms with Gasteiger partial charge in [-0.05, 0) is 19.1 Å². The second kappa shape index (κ2) is 3.97. The van der Waals surface area contributed by atoms with E-state index in [-0.39, 0.29) is 16.9 Å². The van der Waals surface area contributed by atoms with Crippen molar-refractivity contribution < 1.29 is 18.7 Å². The molecule has 0 aliphatic heterocycles. The molecule has 2 rings (SSSR count). The van der Waals surface area contributed by atoms with Crippen LogP contribution < -0.4 is 0 Å². The SMILES string of the molecule is Cc1c(C(=O)O)cnn1-c1c(F)cccc1F. The van der Waals surface area contributed by atoms with Gasteiger partial charge in [-0.3, -0.25) is 0 Å². The highest BCUT2D eigenvalue weighted by atomic mass is 19.1. The molecule has 0 bridgehead atoms. The summed E-state index contributed by atoms with van der Waals surface area (Å²) < 4.78 is 27.9. The zero-order valence-corrected chi connectivity index (χ0v) is 8.82. The van der Waals surface area contributed by atoms with Gasteiger partial charge in [-0.15, -0.1) is 0 Å². The van der Waals surface area contributed by atoms with Gasteiger partial charge in [-0.2, -0.15) is 5.10 Å². The minimum Gasteiger partial charge on any atom is -0.478 e. The topological polar surface area (TPSA) is 55.1 Å². The normalized spacial score (nSPS) is 10.5. The first-order valence-electron chi connectivity index (χ1n) is 4.74. The van der Waals surface area contributed by atoms with Gasteiger partial charge in [0.15, 0.2) is 11.6 Å². The minimum absolute atomic E-state index is 0.0901. The van der Waals surface area contributed by atoms with Crippen molar-refractivity contribution in [1.82, 2.24) is 9.78 Å². The van der Waals surface area contributed by atoms with Crippen LogP contribution in [-0.2, 0) is 0 Å². The number of hydrogen-bond donors (Lipinski definition) is 1. The number of hydrogen-bond acceptors (Lipinski definition) is 2. The van der Waals surface area contributed by atoms with Gasteiger partial charge in [0.25, 0.3) is 0 Å². The number of halogens is 2. The van der Waals surface area contributed by atoms with Crippen molar-refractivity contribution in [3.63, 3.8) is 0 Å². The first-order chi connectivity index (χ1) is 8.02. The quantitative estimate of drug-likeness (QED) is 0.872. The Morgan fingerprint density at radius 3 is 2.41 bits per heavy atom. The van der Waals surface area contributed by atoms with E-state index in [4.69, 9.17) is 5.11 Å². The van der Waals surface area contributed by atoms with E-state index in [0.717, 1.165) is 23.0 Å². The summed E-state index contributed by atoms with van der Waals surface area (Å²) in [4.78, 5) is 10.8. The van der Waals surface area contributed by atoms with E-state index in [1.165, 1.54) is 13.0 Å². The summed E-state index contributed by atoms with van der Waals surface area (Å²) in [6.45, 7) is 1.43. The molecule has 17 heavy (non-hydrogen) atoms. The second-order valence-electron chi connectivity index (χ2n) is 3.43. The number of carboxylic acid groups (broad SMARTS) is 1. The van der Waals surface area contributed by atoms with Gasteiger partial charge in [0.1, 0.15) is 11.3 Å². The average Bonchev–Trinajstić information content (AvgIpc) is 2.61. The molecule has 1 aromatic heterocycles. The van der Waals surface area contributed by atoms with Gasteiger partial charge in [-0.25, -0.2) is 18.3 Å². The standard InChI is InChI=1S/C11H8F2N2O2/c1-6-7(11(16)17)5-14-15(6)10-8(12)3-2-4-9(10)13/h2-5H,1H3,(H,16,17). The molecule has 0 fully saturated rings. The van der Waals surface area contributed by atoms with Crippen LogP contribution in [0, 0.1) is 18.6 Å². The summed E-state index contributed by atoms with van der Waals surface area (Å²) in [6, 6.07) is 3.39. The molecule has 1 aromatic carbocycles. The highest BCUT2D eigenvalue weighted by Crippen LogP contribution is 2.20. The van der Waals surface area contributed by atoms with Crippen LogP contribution in [-0.4, -0.2) is 20.9 Å². The molecule has 0 unspecified atom stereocenters. The first kappa shape index (κ1) is 11.3. The summed E-state index contributed by atoms with van der Waals surface area (Å²) in [5.41, 5.74) is -0.299. The molecular weight excluding hydrogens is 230 g/mol. The molecule has 6 heteroatoms. The maximum absolute atomic E-state index is 13.5. The maximum atomic E-state index is 13.5. The molecule has 0 aliphatic rings. The van der Waals surface area contributed by atoms with Gasteiger partial charge in [0, 0.05) is 0 Å². The smallest absolute Gasteiger partial charge is 0.339 e. The Hall–Kier alpha value is -2.24. The summed E-state index contributed by atoms with van der Waals surface area (Å²) in [5.74, 6) is -2.79. The molecule has 4 nitrogen and oxygen atoms in total. The largest absolute Gasteiger partial charge is 0.478 e. The van der Waals surface area contributed by atoms with Crippen molar-refractivity contribution in [2.24, 2.45) is 0 Å². The van der Waals surface area contributed by atoms with Gasteiger partial charge < -0.3 is 5.11 Å². The Morgan fingerprint density at radius 1 is 1.35 bits per heavy atom. The van der Waals surface area contributed by atoms with E-state index in [1.807, 2.05) is 0 Å². The Kier molecular flexibility index (Phi) is 2.63. The molecule has 0 atom stereocenters. The summed E-state index contributed by atoms with van der Waals surface area (Å²) in [7, 11) is 0. The van der Waals surface area contributed by atoms with Crippen molar-refractivity contribution in [2.75, 3.05) is 0 Å². The Bertz CT molecular complexity index is 573. The zero-order valence-electron chi connectivity index (χ0n) is 8.82. The van der Waals surface area contributed by atoms with Gasteiger partial charge >= 0.3 is 5.97 Å². The van der Waals surface area contributed by atoms with Crippen LogP contribution >= 0.6 is 0 Å². The summed E-state index contributed by atoms with van der Waals surface area (Å²) in [5, 5.41) is 12.5. The number of aromatic carboxylic acids is 1. The number of nitrogens with zero attached hydrogens (tertiary/aromatic N) is 2. The van der Waals surface area contributed by atoms with Crippen molar-refractivity contribution in [2.45, 2.75) is 6.92 Å². The van der Waals surface area contributed by atoms with Crippen LogP contribution in [0.1, 0.15) is 16.1 Å². The molecule has 0 radical (unpaired) electrons. The lowest BCUT2D eigenvalue weighted by Gasteiger charge is -2.06. The third-order valence-electron chi connectivity index (χ3n) is 2.39. The van der Waals surface area contributed by atoms with Gasteiger partial charge in [0.2, 0.25) is 0 Å².